The highest BCUT2D eigenvalue weighted by Crippen LogP contribution is 2.44. The van der Waals surface area contributed by atoms with Gasteiger partial charge < -0.3 is 20.5 Å². The van der Waals surface area contributed by atoms with Crippen LogP contribution in [0.4, 0.5) is 10.6 Å². The van der Waals surface area contributed by atoms with Gasteiger partial charge in [-0.15, -0.1) is 0 Å². The van der Waals surface area contributed by atoms with Crippen molar-refractivity contribution in [2.24, 2.45) is 0 Å². The molecule has 1 heterocycles. The molecule has 2 amide bonds. The number of rotatable bonds is 7. The van der Waals surface area contributed by atoms with Gasteiger partial charge in [0.25, 0.3) is 0 Å². The van der Waals surface area contributed by atoms with Crippen LogP contribution in [0.3, 0.4) is 0 Å². The summed E-state index contributed by atoms with van der Waals surface area (Å²) in [5, 5.41) is 14.5. The minimum atomic E-state index is -1.19. The summed E-state index contributed by atoms with van der Waals surface area (Å²) in [4.78, 5) is 39.3. The number of anilines is 1. The Labute approximate surface area is 190 Å². The Morgan fingerprint density at radius 3 is 2.18 bits per heavy atom. The number of aliphatic carboxylic acids is 1. The first-order chi connectivity index (χ1) is 15.9. The van der Waals surface area contributed by atoms with Crippen molar-refractivity contribution in [1.82, 2.24) is 10.3 Å². The fourth-order valence-electron chi connectivity index (χ4n) is 4.02. The molecule has 0 saturated carbocycles. The van der Waals surface area contributed by atoms with Crippen molar-refractivity contribution in [1.29, 1.82) is 0 Å². The van der Waals surface area contributed by atoms with E-state index in [1.165, 1.54) is 13.1 Å². The highest BCUT2D eigenvalue weighted by Gasteiger charge is 2.29. The molecule has 8 nitrogen and oxygen atoms in total. The molecule has 168 valence electrons. The number of alkyl carbamates (subject to hydrolysis) is 1. The third-order valence-electron chi connectivity index (χ3n) is 5.50. The van der Waals surface area contributed by atoms with Crippen LogP contribution >= 0.6 is 0 Å². The summed E-state index contributed by atoms with van der Waals surface area (Å²) < 4.78 is 5.44. The van der Waals surface area contributed by atoms with Gasteiger partial charge in [-0.2, -0.15) is 0 Å². The number of pyridine rings is 1. The summed E-state index contributed by atoms with van der Waals surface area (Å²) in [6.07, 6.45) is 0.681. The summed E-state index contributed by atoms with van der Waals surface area (Å²) in [7, 11) is 0. The molecule has 2 aromatic carbocycles. The number of ether oxygens (including phenoxy) is 1. The van der Waals surface area contributed by atoms with Crippen LogP contribution in [0, 0.1) is 0 Å². The standard InChI is InChI=1S/C25H23N3O5/c1-15(29)27-23-11-10-16(13-26-23)12-22(24(30)31)28-25(32)33-14-21-19-8-4-2-6-17(19)18-7-3-5-9-20(18)21/h2-11,13,21-22H,12,14H2,1H3,(H,28,32)(H,30,31)(H,26,27,29)/t22-/m0/s1. The van der Waals surface area contributed by atoms with Crippen molar-refractivity contribution in [2.75, 3.05) is 11.9 Å². The Bertz CT molecular complexity index is 1150. The lowest BCUT2D eigenvalue weighted by Crippen LogP contribution is -2.42. The Balaban J connectivity index is 1.39. The third-order valence-corrected chi connectivity index (χ3v) is 5.50. The molecule has 1 aromatic heterocycles. The van der Waals surface area contributed by atoms with Gasteiger partial charge in [0, 0.05) is 25.5 Å². The first kappa shape index (κ1) is 22.0. The molecule has 1 aliphatic rings. The van der Waals surface area contributed by atoms with Crippen molar-refractivity contribution >= 4 is 23.8 Å². The summed E-state index contributed by atoms with van der Waals surface area (Å²) >= 11 is 0. The predicted molar refractivity (Wildman–Crippen MR) is 122 cm³/mol. The minimum Gasteiger partial charge on any atom is -0.480 e. The lowest BCUT2D eigenvalue weighted by atomic mass is 9.98. The van der Waals surface area contributed by atoms with E-state index in [1.807, 2.05) is 48.5 Å². The Morgan fingerprint density at radius 1 is 1.00 bits per heavy atom. The molecular formula is C25H23N3O5. The monoisotopic (exact) mass is 445 g/mol. The number of hydrogen-bond acceptors (Lipinski definition) is 5. The van der Waals surface area contributed by atoms with Gasteiger partial charge in [-0.1, -0.05) is 54.6 Å². The number of nitrogens with zero attached hydrogens (tertiary/aromatic N) is 1. The highest BCUT2D eigenvalue weighted by molar-refractivity contribution is 5.87. The number of carbonyl (C=O) groups is 3. The van der Waals surface area contributed by atoms with E-state index in [0.717, 1.165) is 22.3 Å². The quantitative estimate of drug-likeness (QED) is 0.512. The summed E-state index contributed by atoms with van der Waals surface area (Å²) in [6, 6.07) is 18.0. The van der Waals surface area contributed by atoms with Crippen LogP contribution in [0.25, 0.3) is 11.1 Å². The third kappa shape index (κ3) is 5.01. The number of benzene rings is 2. The molecule has 0 radical (unpaired) electrons. The number of carboxylic acid groups (broad SMARTS) is 1. The number of hydrogen-bond donors (Lipinski definition) is 3. The van der Waals surface area contributed by atoms with Gasteiger partial charge in [0.05, 0.1) is 0 Å². The van der Waals surface area contributed by atoms with E-state index in [0.29, 0.717) is 11.4 Å². The number of fused-ring (bicyclic) bond motifs is 3. The number of carboxylic acids is 1. The minimum absolute atomic E-state index is 0.0207. The van der Waals surface area contributed by atoms with E-state index in [1.54, 1.807) is 12.1 Å². The number of carbonyl (C=O) groups excluding carboxylic acids is 2. The Morgan fingerprint density at radius 2 is 1.64 bits per heavy atom. The maximum absolute atomic E-state index is 12.4. The van der Waals surface area contributed by atoms with Gasteiger partial charge in [0.2, 0.25) is 5.91 Å². The van der Waals surface area contributed by atoms with Gasteiger partial charge in [-0.05, 0) is 33.9 Å². The van der Waals surface area contributed by atoms with Gasteiger partial charge >= 0.3 is 12.1 Å². The van der Waals surface area contributed by atoms with E-state index in [9.17, 15) is 19.5 Å². The molecule has 3 N–H and O–H groups in total. The molecule has 0 aliphatic heterocycles. The van der Waals surface area contributed by atoms with Crippen LogP contribution in [-0.4, -0.2) is 40.7 Å². The van der Waals surface area contributed by atoms with Crippen molar-refractivity contribution < 1.29 is 24.2 Å². The Kier molecular flexibility index (Phi) is 6.35. The second-order valence-electron chi connectivity index (χ2n) is 7.80. The van der Waals surface area contributed by atoms with Crippen molar-refractivity contribution in [3.05, 3.63) is 83.6 Å². The molecule has 0 saturated heterocycles. The molecule has 0 unspecified atom stereocenters. The smallest absolute Gasteiger partial charge is 0.407 e. The number of amides is 2. The number of aromatic nitrogens is 1. The zero-order valence-corrected chi connectivity index (χ0v) is 17.9. The van der Waals surface area contributed by atoms with Crippen LogP contribution in [0.1, 0.15) is 29.5 Å². The second-order valence-corrected chi connectivity index (χ2v) is 7.80. The van der Waals surface area contributed by atoms with Crippen molar-refractivity contribution in [3.63, 3.8) is 0 Å². The molecule has 0 bridgehead atoms. The van der Waals surface area contributed by atoms with Gasteiger partial charge in [-0.25, -0.2) is 14.6 Å². The van der Waals surface area contributed by atoms with Crippen LogP contribution in [0.15, 0.2) is 66.9 Å². The fourth-order valence-corrected chi connectivity index (χ4v) is 4.02. The van der Waals surface area contributed by atoms with E-state index in [-0.39, 0.29) is 24.9 Å². The predicted octanol–water partition coefficient (Wildman–Crippen LogP) is 3.57. The zero-order chi connectivity index (χ0) is 23.4. The number of nitrogens with one attached hydrogen (secondary N) is 2. The molecule has 0 fully saturated rings. The first-order valence-electron chi connectivity index (χ1n) is 10.5. The molecule has 1 atom stereocenters. The Hall–Kier alpha value is -4.20. The maximum atomic E-state index is 12.4. The average molecular weight is 445 g/mol. The molecule has 33 heavy (non-hydrogen) atoms. The molecule has 1 aliphatic carbocycles. The van der Waals surface area contributed by atoms with Crippen LogP contribution < -0.4 is 10.6 Å². The lowest BCUT2D eigenvalue weighted by molar-refractivity contribution is -0.139. The SMILES string of the molecule is CC(=O)Nc1ccc(C[C@H](NC(=O)OCC2c3ccccc3-c3ccccc32)C(=O)O)cn1. The summed E-state index contributed by atoms with van der Waals surface area (Å²) in [5.74, 6) is -1.19. The highest BCUT2D eigenvalue weighted by atomic mass is 16.5. The molecule has 0 spiro atoms. The van der Waals surface area contributed by atoms with Crippen molar-refractivity contribution in [3.8, 4) is 11.1 Å². The van der Waals surface area contributed by atoms with E-state index in [4.69, 9.17) is 4.74 Å². The van der Waals surface area contributed by atoms with Crippen LogP contribution in [-0.2, 0) is 20.7 Å². The van der Waals surface area contributed by atoms with Gasteiger partial charge in [0.15, 0.2) is 0 Å². The summed E-state index contributed by atoms with van der Waals surface area (Å²) in [5.41, 5.74) is 4.97. The van der Waals surface area contributed by atoms with E-state index >= 15 is 0 Å². The van der Waals surface area contributed by atoms with Crippen LogP contribution in [0.2, 0.25) is 0 Å². The molecule has 8 heteroatoms. The maximum Gasteiger partial charge on any atom is 0.407 e. The molecule has 3 aromatic rings. The summed E-state index contributed by atoms with van der Waals surface area (Å²) in [6.45, 7) is 1.47. The van der Waals surface area contributed by atoms with Gasteiger partial charge in [0.1, 0.15) is 18.5 Å². The lowest BCUT2D eigenvalue weighted by Gasteiger charge is -2.17. The van der Waals surface area contributed by atoms with Crippen molar-refractivity contribution in [2.45, 2.75) is 25.3 Å². The normalized spacial score (nSPS) is 12.9. The molecule has 4 rings (SSSR count). The first-order valence-corrected chi connectivity index (χ1v) is 10.5. The van der Waals surface area contributed by atoms with E-state index < -0.39 is 18.1 Å². The average Bonchev–Trinajstić information content (AvgIpc) is 3.12. The molecular weight excluding hydrogens is 422 g/mol. The largest absolute Gasteiger partial charge is 0.480 e. The topological polar surface area (TPSA) is 118 Å². The van der Waals surface area contributed by atoms with Crippen LogP contribution in [0.5, 0.6) is 0 Å². The second kappa shape index (κ2) is 9.52. The van der Waals surface area contributed by atoms with Gasteiger partial charge in [-0.3, -0.25) is 4.79 Å². The van der Waals surface area contributed by atoms with E-state index in [2.05, 4.69) is 15.6 Å². The fraction of sp³-hybridized carbons (Fsp3) is 0.200. The zero-order valence-electron chi connectivity index (χ0n) is 17.9.